The number of nitrogens with zero attached hydrogens (tertiary/aromatic N) is 5. The average Bonchev–Trinajstić information content (AvgIpc) is 3.05. The molecule has 4 rings (SSSR count). The van der Waals surface area contributed by atoms with Crippen molar-refractivity contribution in [3.63, 3.8) is 0 Å². The van der Waals surface area contributed by atoms with Crippen LogP contribution >= 0.6 is 0 Å². The molecule has 0 amide bonds. The smallest absolute Gasteiger partial charge is 0.292 e. The summed E-state index contributed by atoms with van der Waals surface area (Å²) in [6, 6.07) is 5.25. The number of rotatable bonds is 2. The molecule has 0 saturated heterocycles. The molecule has 0 bridgehead atoms. The van der Waals surface area contributed by atoms with E-state index in [1.54, 1.807) is 22.9 Å². The highest BCUT2D eigenvalue weighted by molar-refractivity contribution is 5.94. The molecule has 0 spiro atoms. The second-order valence-corrected chi connectivity index (χ2v) is 5.69. The van der Waals surface area contributed by atoms with Gasteiger partial charge in [-0.05, 0) is 32.0 Å². The fraction of sp³-hybridized carbons (Fsp3) is 0.200. The average molecular weight is 327 g/mol. The molecule has 24 heavy (non-hydrogen) atoms. The zero-order valence-electron chi connectivity index (χ0n) is 13.0. The number of nitrogen functional groups attached to an aromatic ring is 2. The van der Waals surface area contributed by atoms with Gasteiger partial charge in [0, 0.05) is 11.6 Å². The van der Waals surface area contributed by atoms with Gasteiger partial charge in [-0.1, -0.05) is 0 Å². The highest BCUT2D eigenvalue weighted by Gasteiger charge is 2.21. The molecule has 0 aliphatic rings. The molecule has 122 valence electrons. The fourth-order valence-corrected chi connectivity index (χ4v) is 2.67. The molecule has 0 aliphatic heterocycles. The van der Waals surface area contributed by atoms with E-state index in [1.165, 1.54) is 0 Å². The number of hydrogen-bond donors (Lipinski definition) is 2. The Morgan fingerprint density at radius 3 is 2.71 bits per heavy atom. The summed E-state index contributed by atoms with van der Waals surface area (Å²) < 4.78 is 21.3. The third-order valence-electron chi connectivity index (χ3n) is 3.69. The Balaban J connectivity index is 2.04. The van der Waals surface area contributed by atoms with E-state index in [4.69, 9.17) is 15.9 Å². The standard InChI is InChI=1S/C15H14FN7O/c1-6(2)23-13-10(12(16)20-14(17)21-13)11(22-23)7-3-4-9-8(5-7)19-15(18)24-9/h3-6H,1-2H3,(H2,18,19)(H2,17,20,21). The SMILES string of the molecule is CC(C)n1nc(-c2ccc3oc(N)nc3c2)c2c(F)nc(N)nc21. The van der Waals surface area contributed by atoms with Crippen molar-refractivity contribution < 1.29 is 8.81 Å². The number of anilines is 2. The van der Waals surface area contributed by atoms with Crippen LogP contribution in [0.15, 0.2) is 22.6 Å². The van der Waals surface area contributed by atoms with Crippen LogP contribution in [0, 0.1) is 5.95 Å². The number of fused-ring (bicyclic) bond motifs is 2. The molecular weight excluding hydrogens is 313 g/mol. The third kappa shape index (κ3) is 2.05. The van der Waals surface area contributed by atoms with E-state index in [1.807, 2.05) is 13.8 Å². The van der Waals surface area contributed by atoms with Crippen LogP contribution in [0.2, 0.25) is 0 Å². The Kier molecular flexibility index (Phi) is 2.92. The first-order valence-electron chi connectivity index (χ1n) is 7.31. The first kappa shape index (κ1) is 14.4. The summed E-state index contributed by atoms with van der Waals surface area (Å²) in [6.07, 6.45) is 0. The fourth-order valence-electron chi connectivity index (χ4n) is 2.67. The van der Waals surface area contributed by atoms with Gasteiger partial charge in [0.05, 0.1) is 0 Å². The molecular formula is C15H14FN7O. The molecule has 8 nitrogen and oxygen atoms in total. The molecule has 0 atom stereocenters. The van der Waals surface area contributed by atoms with Gasteiger partial charge in [0.25, 0.3) is 6.01 Å². The van der Waals surface area contributed by atoms with E-state index in [-0.39, 0.29) is 23.4 Å². The van der Waals surface area contributed by atoms with Crippen LogP contribution in [0.4, 0.5) is 16.4 Å². The number of oxazole rings is 1. The van der Waals surface area contributed by atoms with Crippen molar-refractivity contribution in [1.29, 1.82) is 0 Å². The number of benzene rings is 1. The van der Waals surface area contributed by atoms with Crippen LogP contribution < -0.4 is 11.5 Å². The van der Waals surface area contributed by atoms with Crippen molar-refractivity contribution in [2.45, 2.75) is 19.9 Å². The van der Waals surface area contributed by atoms with E-state index in [0.717, 1.165) is 0 Å². The van der Waals surface area contributed by atoms with E-state index in [0.29, 0.717) is 28.0 Å². The second-order valence-electron chi connectivity index (χ2n) is 5.69. The Morgan fingerprint density at radius 2 is 1.96 bits per heavy atom. The van der Waals surface area contributed by atoms with Crippen molar-refractivity contribution in [1.82, 2.24) is 24.7 Å². The first-order valence-corrected chi connectivity index (χ1v) is 7.31. The molecule has 0 saturated carbocycles. The van der Waals surface area contributed by atoms with Crippen LogP contribution in [-0.4, -0.2) is 24.7 Å². The Morgan fingerprint density at radius 1 is 1.17 bits per heavy atom. The molecule has 0 unspecified atom stereocenters. The number of halogens is 1. The molecule has 1 aromatic carbocycles. The van der Waals surface area contributed by atoms with Crippen LogP contribution in [0.1, 0.15) is 19.9 Å². The highest BCUT2D eigenvalue weighted by atomic mass is 19.1. The van der Waals surface area contributed by atoms with E-state index >= 15 is 0 Å². The maximum absolute atomic E-state index is 14.4. The summed E-state index contributed by atoms with van der Waals surface area (Å²) in [5.41, 5.74) is 13.7. The van der Waals surface area contributed by atoms with Gasteiger partial charge in [-0.15, -0.1) is 0 Å². The Labute approximate surface area is 135 Å². The van der Waals surface area contributed by atoms with Crippen molar-refractivity contribution >= 4 is 34.1 Å². The van der Waals surface area contributed by atoms with Crippen LogP contribution in [0.5, 0.6) is 0 Å². The van der Waals surface area contributed by atoms with Gasteiger partial charge in [0.1, 0.15) is 16.6 Å². The van der Waals surface area contributed by atoms with Gasteiger partial charge in [0.2, 0.25) is 11.9 Å². The quantitative estimate of drug-likeness (QED) is 0.542. The minimum atomic E-state index is -0.709. The number of aromatic nitrogens is 5. The number of nitrogens with two attached hydrogens (primary N) is 2. The lowest BCUT2D eigenvalue weighted by Crippen LogP contribution is -2.06. The largest absolute Gasteiger partial charge is 0.424 e. The molecule has 4 aromatic rings. The molecule has 0 fully saturated rings. The van der Waals surface area contributed by atoms with Gasteiger partial charge in [0.15, 0.2) is 11.2 Å². The van der Waals surface area contributed by atoms with E-state index in [9.17, 15) is 4.39 Å². The molecule has 3 heterocycles. The van der Waals surface area contributed by atoms with Gasteiger partial charge >= 0.3 is 0 Å². The minimum absolute atomic E-state index is 0.0265. The predicted octanol–water partition coefficient (Wildman–Crippen LogP) is 2.52. The van der Waals surface area contributed by atoms with E-state index in [2.05, 4.69) is 20.1 Å². The molecule has 4 N–H and O–H groups in total. The maximum atomic E-state index is 14.4. The van der Waals surface area contributed by atoms with Crippen molar-refractivity contribution in [2.24, 2.45) is 0 Å². The lowest BCUT2D eigenvalue weighted by Gasteiger charge is -2.05. The van der Waals surface area contributed by atoms with Crippen LogP contribution in [0.3, 0.4) is 0 Å². The van der Waals surface area contributed by atoms with E-state index < -0.39 is 5.95 Å². The lowest BCUT2D eigenvalue weighted by atomic mass is 10.1. The van der Waals surface area contributed by atoms with Crippen LogP contribution in [0.25, 0.3) is 33.4 Å². The molecule has 0 aliphatic carbocycles. The van der Waals surface area contributed by atoms with Crippen molar-refractivity contribution in [3.05, 3.63) is 24.1 Å². The second kappa shape index (κ2) is 4.88. The maximum Gasteiger partial charge on any atom is 0.292 e. The van der Waals surface area contributed by atoms with Gasteiger partial charge < -0.3 is 15.9 Å². The van der Waals surface area contributed by atoms with Crippen molar-refractivity contribution in [2.75, 3.05) is 11.5 Å². The van der Waals surface area contributed by atoms with Gasteiger partial charge in [-0.3, -0.25) is 0 Å². The van der Waals surface area contributed by atoms with Gasteiger partial charge in [-0.25, -0.2) is 4.68 Å². The Hall–Kier alpha value is -3.23. The zero-order valence-corrected chi connectivity index (χ0v) is 13.0. The summed E-state index contributed by atoms with van der Waals surface area (Å²) >= 11 is 0. The Bertz CT molecular complexity index is 1080. The third-order valence-corrected chi connectivity index (χ3v) is 3.69. The lowest BCUT2D eigenvalue weighted by molar-refractivity contribution is 0.546. The summed E-state index contributed by atoms with van der Waals surface area (Å²) in [5, 5.41) is 4.72. The van der Waals surface area contributed by atoms with Crippen LogP contribution in [-0.2, 0) is 0 Å². The summed E-state index contributed by atoms with van der Waals surface area (Å²) in [6.45, 7) is 3.85. The molecule has 0 radical (unpaired) electrons. The topological polar surface area (TPSA) is 122 Å². The van der Waals surface area contributed by atoms with Gasteiger partial charge in [-0.2, -0.15) is 24.4 Å². The van der Waals surface area contributed by atoms with Crippen molar-refractivity contribution in [3.8, 4) is 11.3 Å². The molecule has 9 heteroatoms. The number of hydrogen-bond acceptors (Lipinski definition) is 7. The first-order chi connectivity index (χ1) is 11.4. The monoisotopic (exact) mass is 327 g/mol. The minimum Gasteiger partial charge on any atom is -0.424 e. The highest BCUT2D eigenvalue weighted by Crippen LogP contribution is 2.32. The normalized spacial score (nSPS) is 11.8. The molecule has 3 aromatic heterocycles. The predicted molar refractivity (Wildman–Crippen MR) is 87.5 cm³/mol. The summed E-state index contributed by atoms with van der Waals surface area (Å²) in [5.74, 6) is -0.841. The summed E-state index contributed by atoms with van der Waals surface area (Å²) in [7, 11) is 0. The zero-order chi connectivity index (χ0) is 17.0. The summed E-state index contributed by atoms with van der Waals surface area (Å²) in [4.78, 5) is 11.9.